The van der Waals surface area contributed by atoms with Gasteiger partial charge in [0.25, 0.3) is 5.91 Å². The lowest BCUT2D eigenvalue weighted by atomic mass is 9.96. The van der Waals surface area contributed by atoms with Gasteiger partial charge in [-0.3, -0.25) is 9.78 Å². The topological polar surface area (TPSA) is 53.4 Å². The Balaban J connectivity index is 1.88. The average Bonchev–Trinajstić information content (AvgIpc) is 3.05. The van der Waals surface area contributed by atoms with Crippen molar-refractivity contribution in [2.24, 2.45) is 0 Å². The first-order chi connectivity index (χ1) is 11.4. The molecule has 0 aliphatic carbocycles. The van der Waals surface area contributed by atoms with Gasteiger partial charge >= 0.3 is 0 Å². The summed E-state index contributed by atoms with van der Waals surface area (Å²) in [6, 6.07) is 9.13. The number of carbonyl (C=O) groups is 1. The number of benzene rings is 1. The molecule has 1 fully saturated rings. The molecule has 0 saturated carbocycles. The minimum absolute atomic E-state index is 0.0806. The molecule has 5 heteroatoms. The van der Waals surface area contributed by atoms with Crippen molar-refractivity contribution >= 4 is 17.5 Å². The van der Waals surface area contributed by atoms with Gasteiger partial charge in [-0.15, -0.1) is 0 Å². The summed E-state index contributed by atoms with van der Waals surface area (Å²) in [6.45, 7) is 4.18. The van der Waals surface area contributed by atoms with Crippen LogP contribution in [0.1, 0.15) is 37.0 Å². The van der Waals surface area contributed by atoms with Crippen LogP contribution in [0.25, 0.3) is 11.1 Å². The molecule has 0 radical (unpaired) electrons. The van der Waals surface area contributed by atoms with E-state index in [0.29, 0.717) is 17.1 Å². The molecule has 2 aromatic rings. The third-order valence-corrected chi connectivity index (χ3v) is 4.74. The number of hydrogen-bond donors (Lipinski definition) is 1. The van der Waals surface area contributed by atoms with E-state index in [0.717, 1.165) is 24.0 Å². The van der Waals surface area contributed by atoms with Crippen molar-refractivity contribution < 1.29 is 9.90 Å². The molecule has 1 N–H and O–H groups in total. The molecule has 1 aliphatic rings. The van der Waals surface area contributed by atoms with Crippen LogP contribution in [0.4, 0.5) is 0 Å². The summed E-state index contributed by atoms with van der Waals surface area (Å²) in [6.07, 6.45) is 5.04. The highest BCUT2D eigenvalue weighted by Gasteiger charge is 2.38. The van der Waals surface area contributed by atoms with E-state index in [4.69, 9.17) is 11.6 Å². The van der Waals surface area contributed by atoms with E-state index >= 15 is 0 Å². The SMILES string of the molecule is CC(C)(O)C1CCCN1C(=O)c1cncc(-c2ccc(Cl)cc2)c1. The van der Waals surface area contributed by atoms with Gasteiger partial charge in [-0.2, -0.15) is 0 Å². The van der Waals surface area contributed by atoms with Gasteiger partial charge in [-0.1, -0.05) is 23.7 Å². The number of carbonyl (C=O) groups excluding carboxylic acids is 1. The molecule has 3 rings (SSSR count). The largest absolute Gasteiger partial charge is 0.388 e. The third-order valence-electron chi connectivity index (χ3n) is 4.49. The second-order valence-corrected chi connectivity index (χ2v) is 7.22. The molecular weight excluding hydrogens is 324 g/mol. The number of hydrogen-bond acceptors (Lipinski definition) is 3. The molecule has 24 heavy (non-hydrogen) atoms. The molecule has 0 bridgehead atoms. The van der Waals surface area contributed by atoms with E-state index in [-0.39, 0.29) is 11.9 Å². The van der Waals surface area contributed by atoms with E-state index in [2.05, 4.69) is 4.98 Å². The van der Waals surface area contributed by atoms with Crippen molar-refractivity contribution in [3.8, 4) is 11.1 Å². The Bertz CT molecular complexity index is 738. The van der Waals surface area contributed by atoms with Gasteiger partial charge in [-0.05, 0) is 50.5 Å². The number of halogens is 1. The zero-order valence-corrected chi connectivity index (χ0v) is 14.6. The first-order valence-electron chi connectivity index (χ1n) is 8.10. The van der Waals surface area contributed by atoms with Gasteiger partial charge in [0.15, 0.2) is 0 Å². The van der Waals surface area contributed by atoms with Crippen LogP contribution in [0.3, 0.4) is 0 Å². The fourth-order valence-corrected chi connectivity index (χ4v) is 3.39. The minimum Gasteiger partial charge on any atom is -0.388 e. The van der Waals surface area contributed by atoms with Gasteiger partial charge in [0.2, 0.25) is 0 Å². The normalized spacial score (nSPS) is 18.0. The van der Waals surface area contributed by atoms with Crippen LogP contribution < -0.4 is 0 Å². The van der Waals surface area contributed by atoms with Crippen LogP contribution in [0, 0.1) is 0 Å². The second-order valence-electron chi connectivity index (χ2n) is 6.78. The smallest absolute Gasteiger partial charge is 0.255 e. The van der Waals surface area contributed by atoms with Crippen molar-refractivity contribution in [3.05, 3.63) is 53.3 Å². The van der Waals surface area contributed by atoms with Crippen molar-refractivity contribution in [3.63, 3.8) is 0 Å². The molecule has 1 saturated heterocycles. The Morgan fingerprint density at radius 3 is 2.62 bits per heavy atom. The number of aromatic nitrogens is 1. The first kappa shape index (κ1) is 16.9. The zero-order chi connectivity index (χ0) is 17.3. The third kappa shape index (κ3) is 3.45. The number of rotatable bonds is 3. The lowest BCUT2D eigenvalue weighted by Gasteiger charge is -2.33. The Morgan fingerprint density at radius 1 is 1.25 bits per heavy atom. The number of aliphatic hydroxyl groups is 1. The molecule has 1 aromatic heterocycles. The lowest BCUT2D eigenvalue weighted by molar-refractivity contribution is 0.000322. The van der Waals surface area contributed by atoms with Crippen LogP contribution in [0.5, 0.6) is 0 Å². The van der Waals surface area contributed by atoms with Crippen LogP contribution in [-0.2, 0) is 0 Å². The highest BCUT2D eigenvalue weighted by Crippen LogP contribution is 2.29. The Morgan fingerprint density at radius 2 is 1.96 bits per heavy atom. The van der Waals surface area contributed by atoms with Crippen molar-refractivity contribution in [1.29, 1.82) is 0 Å². The Labute approximate surface area is 147 Å². The summed E-state index contributed by atoms with van der Waals surface area (Å²) in [5.74, 6) is -0.0806. The summed E-state index contributed by atoms with van der Waals surface area (Å²) in [7, 11) is 0. The van der Waals surface area contributed by atoms with Crippen LogP contribution in [-0.4, -0.2) is 39.1 Å². The molecule has 0 spiro atoms. The number of likely N-dealkylation sites (tertiary alicyclic amines) is 1. The fourth-order valence-electron chi connectivity index (χ4n) is 3.27. The van der Waals surface area contributed by atoms with E-state index in [1.54, 1.807) is 31.1 Å². The van der Waals surface area contributed by atoms with E-state index < -0.39 is 5.60 Å². The molecule has 1 aromatic carbocycles. The van der Waals surface area contributed by atoms with Crippen molar-refractivity contribution in [1.82, 2.24) is 9.88 Å². The molecule has 1 amide bonds. The fraction of sp³-hybridized carbons (Fsp3) is 0.368. The summed E-state index contributed by atoms with van der Waals surface area (Å²) in [5, 5.41) is 11.0. The summed E-state index contributed by atoms with van der Waals surface area (Å²) in [4.78, 5) is 18.9. The van der Waals surface area contributed by atoms with Crippen LogP contribution in [0.2, 0.25) is 5.02 Å². The van der Waals surface area contributed by atoms with Gasteiger partial charge in [0.05, 0.1) is 17.2 Å². The number of amides is 1. The average molecular weight is 345 g/mol. The van der Waals surface area contributed by atoms with E-state index in [1.165, 1.54) is 0 Å². The molecule has 1 aliphatic heterocycles. The van der Waals surface area contributed by atoms with Gasteiger partial charge < -0.3 is 10.0 Å². The van der Waals surface area contributed by atoms with Gasteiger partial charge in [-0.25, -0.2) is 0 Å². The second kappa shape index (κ2) is 6.54. The molecule has 4 nitrogen and oxygen atoms in total. The van der Waals surface area contributed by atoms with E-state index in [1.807, 2.05) is 30.3 Å². The van der Waals surface area contributed by atoms with Crippen LogP contribution >= 0.6 is 11.6 Å². The maximum atomic E-state index is 12.9. The van der Waals surface area contributed by atoms with Crippen molar-refractivity contribution in [2.45, 2.75) is 38.3 Å². The lowest BCUT2D eigenvalue weighted by Crippen LogP contribution is -2.48. The Kier molecular flexibility index (Phi) is 4.61. The predicted octanol–water partition coefficient (Wildman–Crippen LogP) is 3.78. The summed E-state index contributed by atoms with van der Waals surface area (Å²) in [5.41, 5.74) is 1.46. The molecule has 1 unspecified atom stereocenters. The Hall–Kier alpha value is -1.91. The number of nitrogens with zero attached hydrogens (tertiary/aromatic N) is 2. The quantitative estimate of drug-likeness (QED) is 0.922. The minimum atomic E-state index is -0.909. The van der Waals surface area contributed by atoms with Gasteiger partial charge in [0.1, 0.15) is 0 Å². The van der Waals surface area contributed by atoms with E-state index in [9.17, 15) is 9.90 Å². The molecular formula is C19H21ClN2O2. The maximum absolute atomic E-state index is 12.9. The highest BCUT2D eigenvalue weighted by atomic mass is 35.5. The number of pyridine rings is 1. The standard InChI is InChI=1S/C19H21ClN2O2/c1-19(2,24)17-4-3-9-22(17)18(23)15-10-14(11-21-12-15)13-5-7-16(20)8-6-13/h5-8,10-12,17,24H,3-4,9H2,1-2H3. The monoisotopic (exact) mass is 344 g/mol. The van der Waals surface area contributed by atoms with Crippen molar-refractivity contribution in [2.75, 3.05) is 6.54 Å². The van der Waals surface area contributed by atoms with Gasteiger partial charge in [0, 0.05) is 29.5 Å². The first-order valence-corrected chi connectivity index (χ1v) is 8.48. The zero-order valence-electron chi connectivity index (χ0n) is 13.9. The molecule has 126 valence electrons. The predicted molar refractivity (Wildman–Crippen MR) is 95.0 cm³/mol. The van der Waals surface area contributed by atoms with Crippen LogP contribution in [0.15, 0.2) is 42.7 Å². The summed E-state index contributed by atoms with van der Waals surface area (Å²) < 4.78 is 0. The molecule has 2 heterocycles. The molecule has 1 atom stereocenters. The highest BCUT2D eigenvalue weighted by molar-refractivity contribution is 6.30. The summed E-state index contributed by atoms with van der Waals surface area (Å²) >= 11 is 5.93. The maximum Gasteiger partial charge on any atom is 0.255 e.